The van der Waals surface area contributed by atoms with E-state index in [1.165, 1.54) is 42.5 Å². The molecule has 3 nitrogen and oxygen atoms in total. The third-order valence-electron chi connectivity index (χ3n) is 5.73. The van der Waals surface area contributed by atoms with Crippen LogP contribution in [0.3, 0.4) is 0 Å². The van der Waals surface area contributed by atoms with Gasteiger partial charge in [-0.3, -0.25) is 4.99 Å². The zero-order valence-electron chi connectivity index (χ0n) is 16.2. The van der Waals surface area contributed by atoms with Crippen LogP contribution in [-0.4, -0.2) is 41.3 Å². The van der Waals surface area contributed by atoms with E-state index in [1.807, 2.05) is 0 Å². The molecule has 0 amide bonds. The zero-order valence-corrected chi connectivity index (χ0v) is 16.2. The van der Waals surface area contributed by atoms with Gasteiger partial charge in [-0.2, -0.15) is 0 Å². The Kier molecular flexibility index (Phi) is 5.57. The first-order valence-electron chi connectivity index (χ1n) is 10.2. The molecule has 2 aliphatic rings. The SMILES string of the molecule is CCN1C=C(c2ccccc2)N([C@@H]2CCCC[C@H]2N=Cc2ccccc2)C1. The third-order valence-corrected chi connectivity index (χ3v) is 5.73. The van der Waals surface area contributed by atoms with E-state index in [1.54, 1.807) is 0 Å². The van der Waals surface area contributed by atoms with Crippen molar-refractivity contribution >= 4 is 11.9 Å². The van der Waals surface area contributed by atoms with Crippen molar-refractivity contribution < 1.29 is 0 Å². The van der Waals surface area contributed by atoms with Crippen molar-refractivity contribution in [3.8, 4) is 0 Å². The van der Waals surface area contributed by atoms with E-state index < -0.39 is 0 Å². The topological polar surface area (TPSA) is 18.8 Å². The Morgan fingerprint density at radius 3 is 2.41 bits per heavy atom. The molecule has 1 aliphatic heterocycles. The first kappa shape index (κ1) is 17.8. The van der Waals surface area contributed by atoms with Gasteiger partial charge in [-0.05, 0) is 30.9 Å². The molecule has 3 heteroatoms. The molecule has 2 aromatic carbocycles. The van der Waals surface area contributed by atoms with E-state index >= 15 is 0 Å². The molecule has 1 saturated carbocycles. The summed E-state index contributed by atoms with van der Waals surface area (Å²) >= 11 is 0. The van der Waals surface area contributed by atoms with Crippen LogP contribution in [0.5, 0.6) is 0 Å². The van der Waals surface area contributed by atoms with Crippen LogP contribution in [-0.2, 0) is 0 Å². The molecule has 0 N–H and O–H groups in total. The van der Waals surface area contributed by atoms with Gasteiger partial charge in [0.15, 0.2) is 0 Å². The van der Waals surface area contributed by atoms with Gasteiger partial charge in [0.25, 0.3) is 0 Å². The molecule has 4 rings (SSSR count). The molecule has 0 aromatic heterocycles. The molecule has 0 bridgehead atoms. The number of hydrogen-bond acceptors (Lipinski definition) is 3. The molecule has 140 valence electrons. The first-order valence-corrected chi connectivity index (χ1v) is 10.2. The lowest BCUT2D eigenvalue weighted by molar-refractivity contribution is 0.170. The molecule has 1 fully saturated rings. The van der Waals surface area contributed by atoms with Crippen molar-refractivity contribution in [3.63, 3.8) is 0 Å². The van der Waals surface area contributed by atoms with Crippen molar-refractivity contribution in [1.82, 2.24) is 9.80 Å². The van der Waals surface area contributed by atoms with Gasteiger partial charge in [0, 0.05) is 19.0 Å². The molecule has 0 radical (unpaired) electrons. The highest BCUT2D eigenvalue weighted by molar-refractivity contribution is 5.79. The highest BCUT2D eigenvalue weighted by Crippen LogP contribution is 2.34. The third kappa shape index (κ3) is 4.08. The molecular formula is C24H29N3. The highest BCUT2D eigenvalue weighted by Gasteiger charge is 2.34. The Morgan fingerprint density at radius 2 is 1.67 bits per heavy atom. The van der Waals surface area contributed by atoms with Crippen molar-refractivity contribution in [1.29, 1.82) is 0 Å². The van der Waals surface area contributed by atoms with E-state index in [0.29, 0.717) is 12.1 Å². The maximum absolute atomic E-state index is 5.05. The summed E-state index contributed by atoms with van der Waals surface area (Å²) in [5, 5.41) is 0. The maximum atomic E-state index is 5.05. The molecule has 2 aromatic rings. The van der Waals surface area contributed by atoms with Gasteiger partial charge in [0.05, 0.1) is 24.4 Å². The molecule has 2 atom stereocenters. The summed E-state index contributed by atoms with van der Waals surface area (Å²) in [5.41, 5.74) is 3.85. The molecule has 0 saturated heterocycles. The fourth-order valence-corrected chi connectivity index (χ4v) is 4.23. The van der Waals surface area contributed by atoms with Crippen LogP contribution >= 0.6 is 0 Å². The molecule has 27 heavy (non-hydrogen) atoms. The Hall–Kier alpha value is -2.55. The van der Waals surface area contributed by atoms with E-state index in [-0.39, 0.29) is 0 Å². The van der Waals surface area contributed by atoms with Gasteiger partial charge in [-0.15, -0.1) is 0 Å². The molecular weight excluding hydrogens is 330 g/mol. The molecule has 1 heterocycles. The van der Waals surface area contributed by atoms with Crippen LogP contribution in [0.1, 0.15) is 43.7 Å². The number of aliphatic imine (C=N–C) groups is 1. The van der Waals surface area contributed by atoms with Gasteiger partial charge >= 0.3 is 0 Å². The summed E-state index contributed by atoms with van der Waals surface area (Å²) in [6, 6.07) is 22.1. The maximum Gasteiger partial charge on any atom is 0.0902 e. The normalized spacial score (nSPS) is 23.1. The first-order chi connectivity index (χ1) is 13.3. The minimum absolute atomic E-state index is 0.364. The summed E-state index contributed by atoms with van der Waals surface area (Å²) in [7, 11) is 0. The quantitative estimate of drug-likeness (QED) is 0.699. The standard InChI is InChI=1S/C24H29N3/c1-2-26-18-24(21-13-7-4-8-14-21)27(19-26)23-16-10-9-15-22(23)25-17-20-11-5-3-6-12-20/h3-8,11-14,17-18,22-23H,2,9-10,15-16,19H2,1H3/t22-,23-/m1/s1. The Bertz CT molecular complexity index is 782. The van der Waals surface area contributed by atoms with Gasteiger partial charge in [0.1, 0.15) is 0 Å². The molecule has 0 unspecified atom stereocenters. The number of nitrogens with zero attached hydrogens (tertiary/aromatic N) is 3. The van der Waals surface area contributed by atoms with Crippen molar-refractivity contribution in [3.05, 3.63) is 78.0 Å². The van der Waals surface area contributed by atoms with Crippen molar-refractivity contribution in [2.24, 2.45) is 4.99 Å². The fraction of sp³-hybridized carbons (Fsp3) is 0.375. The second-order valence-electron chi connectivity index (χ2n) is 7.50. The summed E-state index contributed by atoms with van der Waals surface area (Å²) in [4.78, 5) is 10.1. The van der Waals surface area contributed by atoms with Crippen LogP contribution in [0.2, 0.25) is 0 Å². The lowest BCUT2D eigenvalue weighted by Gasteiger charge is -2.39. The predicted molar refractivity (Wildman–Crippen MR) is 114 cm³/mol. The van der Waals surface area contributed by atoms with E-state index in [9.17, 15) is 0 Å². The second-order valence-corrected chi connectivity index (χ2v) is 7.50. The van der Waals surface area contributed by atoms with Gasteiger partial charge < -0.3 is 9.80 Å². The number of hydrogen-bond donors (Lipinski definition) is 0. The van der Waals surface area contributed by atoms with Gasteiger partial charge in [-0.1, -0.05) is 73.5 Å². The molecule has 1 aliphatic carbocycles. The Morgan fingerprint density at radius 1 is 0.963 bits per heavy atom. The summed E-state index contributed by atoms with van der Waals surface area (Å²) in [6.07, 6.45) is 9.39. The monoisotopic (exact) mass is 359 g/mol. The fourth-order valence-electron chi connectivity index (χ4n) is 4.23. The van der Waals surface area contributed by atoms with Crippen LogP contribution in [0.15, 0.2) is 71.9 Å². The van der Waals surface area contributed by atoms with Crippen LogP contribution in [0.25, 0.3) is 5.70 Å². The Balaban J connectivity index is 1.59. The highest BCUT2D eigenvalue weighted by atomic mass is 15.4. The summed E-state index contributed by atoms with van der Waals surface area (Å²) in [6.45, 7) is 4.24. The predicted octanol–water partition coefficient (Wildman–Crippen LogP) is 5.01. The smallest absolute Gasteiger partial charge is 0.0902 e. The molecule has 0 spiro atoms. The summed E-state index contributed by atoms with van der Waals surface area (Å²) < 4.78 is 0. The lowest BCUT2D eigenvalue weighted by Crippen LogP contribution is -2.44. The van der Waals surface area contributed by atoms with Crippen LogP contribution in [0.4, 0.5) is 0 Å². The average molecular weight is 360 g/mol. The van der Waals surface area contributed by atoms with Gasteiger partial charge in [0.2, 0.25) is 0 Å². The zero-order chi connectivity index (χ0) is 18.5. The number of benzene rings is 2. The van der Waals surface area contributed by atoms with E-state index in [4.69, 9.17) is 4.99 Å². The minimum Gasteiger partial charge on any atom is -0.358 e. The van der Waals surface area contributed by atoms with E-state index in [0.717, 1.165) is 13.2 Å². The van der Waals surface area contributed by atoms with E-state index in [2.05, 4.69) is 89.8 Å². The summed E-state index contributed by atoms with van der Waals surface area (Å²) in [5.74, 6) is 0. The minimum atomic E-state index is 0.364. The Labute approximate surface area is 163 Å². The lowest BCUT2D eigenvalue weighted by atomic mass is 9.89. The van der Waals surface area contributed by atoms with Crippen molar-refractivity contribution in [2.75, 3.05) is 13.2 Å². The van der Waals surface area contributed by atoms with Crippen molar-refractivity contribution in [2.45, 2.75) is 44.7 Å². The second kappa shape index (κ2) is 8.43. The largest absolute Gasteiger partial charge is 0.358 e. The average Bonchev–Trinajstić information content (AvgIpc) is 3.18. The van der Waals surface area contributed by atoms with Crippen LogP contribution < -0.4 is 0 Å². The van der Waals surface area contributed by atoms with Gasteiger partial charge in [-0.25, -0.2) is 0 Å². The van der Waals surface area contributed by atoms with Crippen LogP contribution in [0, 0.1) is 0 Å². The number of rotatable bonds is 5.